The standard InChI is InChI=1S/C17H17F9O2/c1-3-9(2)28-11-6-4-10(5-7-11)12(27)8-13(18)14(19,20)16(23,24)17(25,26)15(13,21)22/h4-7,9,12,27H,3,8H2,1-2H3. The smallest absolute Gasteiger partial charge is 0.381 e. The Bertz CT molecular complexity index is 677. The van der Waals surface area contributed by atoms with Crippen LogP contribution in [0.5, 0.6) is 5.75 Å². The molecule has 1 saturated carbocycles. The fraction of sp³-hybridized carbons (Fsp3) is 0.647. The summed E-state index contributed by atoms with van der Waals surface area (Å²) in [5.74, 6) is -25.9. The van der Waals surface area contributed by atoms with Gasteiger partial charge < -0.3 is 9.84 Å². The van der Waals surface area contributed by atoms with E-state index in [0.717, 1.165) is 12.1 Å². The van der Waals surface area contributed by atoms with E-state index >= 15 is 0 Å². The maximum Gasteiger partial charge on any atom is 0.381 e. The van der Waals surface area contributed by atoms with Gasteiger partial charge in [-0.15, -0.1) is 0 Å². The van der Waals surface area contributed by atoms with Gasteiger partial charge in [-0.2, -0.15) is 35.1 Å². The highest BCUT2D eigenvalue weighted by atomic mass is 19.4. The molecule has 11 heteroatoms. The summed E-state index contributed by atoms with van der Waals surface area (Å²) in [6.07, 6.45) is -4.44. The highest BCUT2D eigenvalue weighted by Gasteiger charge is 3.00. The van der Waals surface area contributed by atoms with Crippen molar-refractivity contribution in [2.24, 2.45) is 0 Å². The molecule has 2 rings (SSSR count). The van der Waals surface area contributed by atoms with Crippen LogP contribution in [0.4, 0.5) is 39.5 Å². The van der Waals surface area contributed by atoms with Crippen LogP contribution in [0.25, 0.3) is 0 Å². The van der Waals surface area contributed by atoms with E-state index in [9.17, 15) is 44.6 Å². The van der Waals surface area contributed by atoms with Crippen molar-refractivity contribution in [3.63, 3.8) is 0 Å². The molecule has 1 aromatic carbocycles. The van der Waals surface area contributed by atoms with Gasteiger partial charge in [0, 0.05) is 6.42 Å². The van der Waals surface area contributed by atoms with Crippen molar-refractivity contribution in [3.05, 3.63) is 29.8 Å². The van der Waals surface area contributed by atoms with Gasteiger partial charge in [0.1, 0.15) is 5.75 Å². The lowest BCUT2D eigenvalue weighted by Crippen LogP contribution is -2.55. The zero-order valence-electron chi connectivity index (χ0n) is 14.6. The molecule has 0 aromatic heterocycles. The maximum atomic E-state index is 14.4. The molecule has 1 aromatic rings. The number of hydrogen-bond acceptors (Lipinski definition) is 2. The van der Waals surface area contributed by atoms with E-state index in [-0.39, 0.29) is 11.9 Å². The molecule has 0 aliphatic heterocycles. The monoisotopic (exact) mass is 424 g/mol. The number of alkyl halides is 9. The first-order valence-electron chi connectivity index (χ1n) is 8.21. The molecule has 0 radical (unpaired) electrons. The van der Waals surface area contributed by atoms with E-state index in [0.29, 0.717) is 6.42 Å². The van der Waals surface area contributed by atoms with Gasteiger partial charge in [-0.25, -0.2) is 4.39 Å². The average molecular weight is 424 g/mol. The summed E-state index contributed by atoms with van der Waals surface area (Å²) >= 11 is 0. The van der Waals surface area contributed by atoms with Gasteiger partial charge in [-0.1, -0.05) is 19.1 Å². The molecule has 0 amide bonds. The van der Waals surface area contributed by atoms with Gasteiger partial charge in [0.25, 0.3) is 5.67 Å². The Hall–Kier alpha value is -1.65. The molecule has 28 heavy (non-hydrogen) atoms. The zero-order valence-corrected chi connectivity index (χ0v) is 14.6. The van der Waals surface area contributed by atoms with E-state index in [2.05, 4.69) is 0 Å². The molecule has 0 bridgehead atoms. The number of hydrogen-bond donors (Lipinski definition) is 1. The van der Waals surface area contributed by atoms with Crippen molar-refractivity contribution in [2.75, 3.05) is 0 Å². The quantitative estimate of drug-likeness (QED) is 0.607. The lowest BCUT2D eigenvalue weighted by atomic mass is 9.88. The Morgan fingerprint density at radius 2 is 1.25 bits per heavy atom. The molecular weight excluding hydrogens is 407 g/mol. The number of ether oxygens (including phenoxy) is 1. The van der Waals surface area contributed by atoms with Gasteiger partial charge in [-0.05, 0) is 31.0 Å². The van der Waals surface area contributed by atoms with Crippen molar-refractivity contribution in [3.8, 4) is 5.75 Å². The van der Waals surface area contributed by atoms with Crippen LogP contribution in [0, 0.1) is 0 Å². The lowest BCUT2D eigenvalue weighted by molar-refractivity contribution is -0.303. The summed E-state index contributed by atoms with van der Waals surface area (Å²) in [7, 11) is 0. The molecule has 2 nitrogen and oxygen atoms in total. The highest BCUT2D eigenvalue weighted by Crippen LogP contribution is 2.70. The van der Waals surface area contributed by atoms with E-state index < -0.39 is 47.4 Å². The van der Waals surface area contributed by atoms with Crippen LogP contribution in [0.15, 0.2) is 24.3 Å². The Morgan fingerprint density at radius 3 is 1.64 bits per heavy atom. The molecule has 0 heterocycles. The summed E-state index contributed by atoms with van der Waals surface area (Å²) in [5, 5.41) is 9.83. The molecule has 0 saturated heterocycles. The Balaban J connectivity index is 2.33. The lowest BCUT2D eigenvalue weighted by Gasteiger charge is -2.32. The molecule has 1 aliphatic rings. The number of halogens is 9. The van der Waals surface area contributed by atoms with Crippen molar-refractivity contribution in [2.45, 2.75) is 68.3 Å². The Labute approximate surface area is 154 Å². The molecule has 0 spiro atoms. The van der Waals surface area contributed by atoms with Gasteiger partial charge in [0.15, 0.2) is 0 Å². The number of aliphatic hydroxyl groups is 1. The van der Waals surface area contributed by atoms with Crippen molar-refractivity contribution in [1.82, 2.24) is 0 Å². The topological polar surface area (TPSA) is 29.5 Å². The minimum absolute atomic E-state index is 0.217. The van der Waals surface area contributed by atoms with Gasteiger partial charge in [-0.3, -0.25) is 0 Å². The average Bonchev–Trinajstić information content (AvgIpc) is 2.65. The van der Waals surface area contributed by atoms with Crippen molar-refractivity contribution < 1.29 is 49.4 Å². The van der Waals surface area contributed by atoms with E-state index in [1.54, 1.807) is 6.92 Å². The third-order valence-electron chi connectivity index (χ3n) is 4.83. The minimum atomic E-state index is -6.65. The van der Waals surface area contributed by atoms with Crippen LogP contribution in [0.2, 0.25) is 0 Å². The third-order valence-corrected chi connectivity index (χ3v) is 4.83. The first kappa shape index (κ1) is 22.6. The summed E-state index contributed by atoms with van der Waals surface area (Å²) < 4.78 is 127. The molecule has 160 valence electrons. The molecule has 1 fully saturated rings. The zero-order chi connectivity index (χ0) is 21.8. The predicted octanol–water partition coefficient (Wildman–Crippen LogP) is 5.55. The second-order valence-corrected chi connectivity index (χ2v) is 6.72. The second-order valence-electron chi connectivity index (χ2n) is 6.72. The molecule has 2 unspecified atom stereocenters. The van der Waals surface area contributed by atoms with E-state index in [1.165, 1.54) is 12.1 Å². The van der Waals surface area contributed by atoms with Crippen LogP contribution in [0.1, 0.15) is 38.4 Å². The second kappa shape index (κ2) is 6.70. The fourth-order valence-corrected chi connectivity index (χ4v) is 2.81. The number of rotatable bonds is 6. The Morgan fingerprint density at radius 1 is 0.821 bits per heavy atom. The van der Waals surface area contributed by atoms with Crippen LogP contribution in [-0.4, -0.2) is 40.6 Å². The van der Waals surface area contributed by atoms with Crippen LogP contribution >= 0.6 is 0 Å². The number of aliphatic hydroxyl groups excluding tert-OH is 1. The van der Waals surface area contributed by atoms with Gasteiger partial charge >= 0.3 is 23.7 Å². The van der Waals surface area contributed by atoms with Gasteiger partial charge in [0.05, 0.1) is 12.2 Å². The third kappa shape index (κ3) is 2.84. The Kier molecular flexibility index (Phi) is 5.42. The SMILES string of the molecule is CCC(C)Oc1ccc(C(O)CC2(F)C(F)(F)C(F)(F)C(F)(F)C2(F)F)cc1. The van der Waals surface area contributed by atoms with Gasteiger partial charge in [0.2, 0.25) is 0 Å². The van der Waals surface area contributed by atoms with E-state index in [4.69, 9.17) is 4.74 Å². The number of benzene rings is 1. The molecule has 2 atom stereocenters. The first-order valence-corrected chi connectivity index (χ1v) is 8.21. The predicted molar refractivity (Wildman–Crippen MR) is 80.0 cm³/mol. The minimum Gasteiger partial charge on any atom is -0.491 e. The van der Waals surface area contributed by atoms with Crippen LogP contribution < -0.4 is 4.74 Å². The summed E-state index contributed by atoms with van der Waals surface area (Å²) in [6, 6.07) is 4.38. The van der Waals surface area contributed by atoms with Crippen LogP contribution in [-0.2, 0) is 0 Å². The molecule has 1 N–H and O–H groups in total. The molecule has 1 aliphatic carbocycles. The molecular formula is C17H17F9O2. The van der Waals surface area contributed by atoms with Crippen molar-refractivity contribution >= 4 is 0 Å². The summed E-state index contributed by atoms with van der Waals surface area (Å²) in [6.45, 7) is 3.54. The maximum absolute atomic E-state index is 14.4. The van der Waals surface area contributed by atoms with E-state index in [1.807, 2.05) is 6.92 Å². The first-order chi connectivity index (χ1) is 12.6. The highest BCUT2D eigenvalue weighted by molar-refractivity contribution is 5.31. The van der Waals surface area contributed by atoms with Crippen LogP contribution in [0.3, 0.4) is 0 Å². The van der Waals surface area contributed by atoms with Crippen molar-refractivity contribution in [1.29, 1.82) is 0 Å². The largest absolute Gasteiger partial charge is 0.491 e. The normalized spacial score (nSPS) is 25.9. The fourth-order valence-electron chi connectivity index (χ4n) is 2.81. The summed E-state index contributed by atoms with van der Waals surface area (Å²) in [4.78, 5) is 0. The summed E-state index contributed by atoms with van der Waals surface area (Å²) in [5.41, 5.74) is -6.10.